The molecule has 158 valence electrons. The fourth-order valence-electron chi connectivity index (χ4n) is 3.61. The molecule has 0 saturated carbocycles. The smallest absolute Gasteiger partial charge is 0.317 e. The first-order chi connectivity index (χ1) is 14.5. The van der Waals surface area contributed by atoms with E-state index < -0.39 is 11.9 Å². The number of hydrogen-bond donors (Lipinski definition) is 1. The molecule has 2 atom stereocenters. The molecular weight excluding hydrogens is 386 g/mol. The molecule has 0 heterocycles. The number of esters is 1. The van der Waals surface area contributed by atoms with Crippen LogP contribution in [0.1, 0.15) is 17.9 Å². The SMILES string of the molecule is COC(=O)[C@@H]1C(=O)C=C(Nc2cc(OC)ccc2OC)C[C@@H]1c1ccc(OC)cc1. The number of nitrogens with one attached hydrogen (secondary N) is 1. The van der Waals surface area contributed by atoms with E-state index in [1.807, 2.05) is 24.3 Å². The molecule has 0 saturated heterocycles. The molecule has 7 heteroatoms. The van der Waals surface area contributed by atoms with Crippen LogP contribution < -0.4 is 19.5 Å². The highest BCUT2D eigenvalue weighted by Gasteiger charge is 2.39. The summed E-state index contributed by atoms with van der Waals surface area (Å²) in [6, 6.07) is 12.7. The van der Waals surface area contributed by atoms with Crippen molar-refractivity contribution < 1.29 is 28.5 Å². The van der Waals surface area contributed by atoms with Crippen LogP contribution >= 0.6 is 0 Å². The minimum atomic E-state index is -0.902. The van der Waals surface area contributed by atoms with Crippen molar-refractivity contribution in [1.82, 2.24) is 0 Å². The van der Waals surface area contributed by atoms with E-state index in [1.165, 1.54) is 13.2 Å². The van der Waals surface area contributed by atoms with Crippen LogP contribution in [0.3, 0.4) is 0 Å². The molecule has 0 amide bonds. The van der Waals surface area contributed by atoms with Crippen molar-refractivity contribution in [2.45, 2.75) is 12.3 Å². The predicted molar refractivity (Wildman–Crippen MR) is 112 cm³/mol. The van der Waals surface area contributed by atoms with Crippen molar-refractivity contribution in [3.63, 3.8) is 0 Å². The molecule has 1 aliphatic carbocycles. The molecule has 0 aliphatic heterocycles. The van der Waals surface area contributed by atoms with Gasteiger partial charge in [-0.25, -0.2) is 0 Å². The molecule has 2 aromatic rings. The third-order valence-corrected chi connectivity index (χ3v) is 5.17. The van der Waals surface area contributed by atoms with Crippen molar-refractivity contribution in [2.75, 3.05) is 33.8 Å². The first-order valence-electron chi connectivity index (χ1n) is 9.46. The Bertz CT molecular complexity index is 951. The van der Waals surface area contributed by atoms with Crippen molar-refractivity contribution in [3.8, 4) is 17.2 Å². The van der Waals surface area contributed by atoms with Crippen LogP contribution in [0.15, 0.2) is 54.2 Å². The van der Waals surface area contributed by atoms with Crippen LogP contribution in [0.5, 0.6) is 17.2 Å². The summed E-state index contributed by atoms with van der Waals surface area (Å²) in [4.78, 5) is 25.3. The third kappa shape index (κ3) is 4.40. The Morgan fingerprint density at radius 3 is 2.20 bits per heavy atom. The first kappa shape index (κ1) is 21.2. The Hall–Kier alpha value is -3.48. The lowest BCUT2D eigenvalue weighted by molar-refractivity contribution is -0.149. The van der Waals surface area contributed by atoms with E-state index in [0.29, 0.717) is 35.1 Å². The molecule has 0 spiro atoms. The lowest BCUT2D eigenvalue weighted by Gasteiger charge is -2.29. The summed E-state index contributed by atoms with van der Waals surface area (Å²) in [5, 5.41) is 3.26. The number of ketones is 1. The van der Waals surface area contributed by atoms with Gasteiger partial charge in [0.15, 0.2) is 5.78 Å². The van der Waals surface area contributed by atoms with Gasteiger partial charge in [0.25, 0.3) is 0 Å². The number of carbonyl (C=O) groups excluding carboxylic acids is 2. The summed E-state index contributed by atoms with van der Waals surface area (Å²) in [7, 11) is 6.03. The third-order valence-electron chi connectivity index (χ3n) is 5.17. The highest BCUT2D eigenvalue weighted by molar-refractivity contribution is 6.07. The summed E-state index contributed by atoms with van der Waals surface area (Å²) in [6.45, 7) is 0. The zero-order valence-electron chi connectivity index (χ0n) is 17.4. The molecule has 0 bridgehead atoms. The fraction of sp³-hybridized carbons (Fsp3) is 0.304. The number of ether oxygens (including phenoxy) is 4. The zero-order chi connectivity index (χ0) is 21.7. The molecular formula is C23H25NO6. The van der Waals surface area contributed by atoms with Gasteiger partial charge in [0.2, 0.25) is 0 Å². The number of rotatable bonds is 7. The van der Waals surface area contributed by atoms with Gasteiger partial charge in [-0.2, -0.15) is 0 Å². The number of anilines is 1. The van der Waals surface area contributed by atoms with E-state index in [2.05, 4.69) is 5.32 Å². The molecule has 1 aliphatic rings. The van der Waals surface area contributed by atoms with Gasteiger partial charge in [-0.05, 0) is 36.2 Å². The number of benzene rings is 2. The normalized spacial score (nSPS) is 18.3. The van der Waals surface area contributed by atoms with Gasteiger partial charge in [0.05, 0.1) is 34.1 Å². The highest BCUT2D eigenvalue weighted by Crippen LogP contribution is 2.39. The number of hydrogen-bond acceptors (Lipinski definition) is 7. The fourth-order valence-corrected chi connectivity index (χ4v) is 3.61. The average molecular weight is 411 g/mol. The van der Waals surface area contributed by atoms with E-state index in [9.17, 15) is 9.59 Å². The van der Waals surface area contributed by atoms with Gasteiger partial charge >= 0.3 is 5.97 Å². The maximum atomic E-state index is 12.9. The maximum Gasteiger partial charge on any atom is 0.317 e. The maximum absolute atomic E-state index is 12.9. The zero-order valence-corrected chi connectivity index (χ0v) is 17.4. The summed E-state index contributed by atoms with van der Waals surface area (Å²) < 4.78 is 20.8. The van der Waals surface area contributed by atoms with Crippen molar-refractivity contribution in [3.05, 3.63) is 59.8 Å². The molecule has 7 nitrogen and oxygen atoms in total. The standard InChI is InChI=1S/C23H25NO6/c1-27-16-7-5-14(6-8-16)18-11-15(12-20(25)22(18)23(26)30-4)24-19-13-17(28-2)9-10-21(19)29-3/h5-10,12-13,18,22,24H,11H2,1-4H3/t18-,22+/m1/s1. The van der Waals surface area contributed by atoms with Crippen LogP contribution in [0.25, 0.3) is 0 Å². The van der Waals surface area contributed by atoms with E-state index in [4.69, 9.17) is 18.9 Å². The largest absolute Gasteiger partial charge is 0.497 e. The summed E-state index contributed by atoms with van der Waals surface area (Å²) in [5.74, 6) is -0.166. The molecule has 0 aromatic heterocycles. The minimum Gasteiger partial charge on any atom is -0.497 e. The van der Waals surface area contributed by atoms with Crippen molar-refractivity contribution >= 4 is 17.4 Å². The van der Waals surface area contributed by atoms with E-state index >= 15 is 0 Å². The summed E-state index contributed by atoms with van der Waals surface area (Å²) >= 11 is 0. The second-order valence-corrected chi connectivity index (χ2v) is 6.85. The van der Waals surface area contributed by atoms with Gasteiger partial charge in [-0.1, -0.05) is 12.1 Å². The Labute approximate surface area is 175 Å². The average Bonchev–Trinajstić information content (AvgIpc) is 2.78. The Balaban J connectivity index is 1.95. The lowest BCUT2D eigenvalue weighted by Crippen LogP contribution is -2.34. The lowest BCUT2D eigenvalue weighted by atomic mass is 9.76. The first-order valence-corrected chi connectivity index (χ1v) is 9.46. The topological polar surface area (TPSA) is 83.1 Å². The highest BCUT2D eigenvalue weighted by atomic mass is 16.5. The van der Waals surface area contributed by atoms with Crippen molar-refractivity contribution in [2.24, 2.45) is 5.92 Å². The van der Waals surface area contributed by atoms with Crippen molar-refractivity contribution in [1.29, 1.82) is 0 Å². The Morgan fingerprint density at radius 1 is 0.933 bits per heavy atom. The van der Waals surface area contributed by atoms with E-state index in [0.717, 1.165) is 5.56 Å². The number of carbonyl (C=O) groups is 2. The predicted octanol–water partition coefficient (Wildman–Crippen LogP) is 3.55. The van der Waals surface area contributed by atoms with Crippen LogP contribution in [-0.4, -0.2) is 40.2 Å². The van der Waals surface area contributed by atoms with Crippen LogP contribution in [0, 0.1) is 5.92 Å². The van der Waals surface area contributed by atoms with E-state index in [1.54, 1.807) is 39.5 Å². The quantitative estimate of drug-likeness (QED) is 0.551. The second kappa shape index (κ2) is 9.35. The Kier molecular flexibility index (Phi) is 6.61. The number of methoxy groups -OCH3 is 4. The molecule has 30 heavy (non-hydrogen) atoms. The summed E-state index contributed by atoms with van der Waals surface area (Å²) in [5.41, 5.74) is 2.19. The van der Waals surface area contributed by atoms with E-state index in [-0.39, 0.29) is 11.7 Å². The number of allylic oxidation sites excluding steroid dienone is 2. The van der Waals surface area contributed by atoms with Crippen LogP contribution in [-0.2, 0) is 14.3 Å². The monoisotopic (exact) mass is 411 g/mol. The van der Waals surface area contributed by atoms with Gasteiger partial charge in [0.1, 0.15) is 23.2 Å². The molecule has 3 rings (SSSR count). The minimum absolute atomic E-state index is 0.307. The molecule has 0 fully saturated rings. The summed E-state index contributed by atoms with van der Waals surface area (Å²) in [6.07, 6.45) is 1.90. The van der Waals surface area contributed by atoms with Gasteiger partial charge in [0, 0.05) is 23.8 Å². The Morgan fingerprint density at radius 2 is 1.60 bits per heavy atom. The van der Waals surface area contributed by atoms with Gasteiger partial charge in [-0.3, -0.25) is 9.59 Å². The van der Waals surface area contributed by atoms with Crippen LogP contribution in [0.2, 0.25) is 0 Å². The van der Waals surface area contributed by atoms with Gasteiger partial charge < -0.3 is 24.3 Å². The molecule has 0 unspecified atom stereocenters. The molecule has 0 radical (unpaired) electrons. The van der Waals surface area contributed by atoms with Crippen LogP contribution in [0.4, 0.5) is 5.69 Å². The second-order valence-electron chi connectivity index (χ2n) is 6.85. The van der Waals surface area contributed by atoms with Gasteiger partial charge in [-0.15, -0.1) is 0 Å². The molecule has 1 N–H and O–H groups in total. The molecule has 2 aromatic carbocycles.